The lowest BCUT2D eigenvalue weighted by Gasteiger charge is -2.25. The molecule has 3 nitrogen and oxygen atoms in total. The molecule has 0 aromatic heterocycles. The zero-order chi connectivity index (χ0) is 34.5. The predicted octanol–water partition coefficient (Wildman–Crippen LogP) is 14.7. The van der Waals surface area contributed by atoms with Gasteiger partial charge in [-0.1, -0.05) is 226 Å². The molecule has 0 amide bonds. The van der Waals surface area contributed by atoms with Crippen molar-refractivity contribution >= 4 is 17.9 Å². The van der Waals surface area contributed by atoms with Crippen molar-refractivity contribution in [2.75, 3.05) is 0 Å². The number of carbonyl (C=O) groups is 2. The summed E-state index contributed by atoms with van der Waals surface area (Å²) in [6, 6.07) is 0. The number of ketones is 2. The van der Waals surface area contributed by atoms with Crippen LogP contribution in [0.15, 0.2) is 0 Å². The molecule has 0 atom stereocenters. The van der Waals surface area contributed by atoms with Crippen LogP contribution in [0.4, 0.5) is 0 Å². The predicted molar refractivity (Wildman–Crippen MR) is 206 cm³/mol. The monoisotopic (exact) mass is 660 g/mol. The van der Waals surface area contributed by atoms with Crippen LogP contribution in [-0.2, 0) is 14.4 Å². The Morgan fingerprint density at radius 1 is 0.340 bits per heavy atom. The van der Waals surface area contributed by atoms with Crippen molar-refractivity contribution in [3.05, 3.63) is 0 Å². The van der Waals surface area contributed by atoms with Crippen molar-refractivity contribution in [1.82, 2.24) is 0 Å². The topological polar surface area (TPSA) is 51.2 Å². The molecule has 3 heteroatoms. The summed E-state index contributed by atoms with van der Waals surface area (Å²) in [5.74, 6) is -0.281. The van der Waals surface area contributed by atoms with Crippen LogP contribution < -0.4 is 0 Å². The molecule has 0 bridgehead atoms. The van der Waals surface area contributed by atoms with Crippen molar-refractivity contribution in [3.8, 4) is 0 Å². The Balaban J connectivity index is 4.47. The third-order valence-corrected chi connectivity index (χ3v) is 10.5. The molecular weight excluding hydrogens is 576 g/mol. The largest absolute Gasteiger partial charge is 0.298 e. The first-order valence-electron chi connectivity index (χ1n) is 21.5. The summed E-state index contributed by atoms with van der Waals surface area (Å²) in [7, 11) is 0. The van der Waals surface area contributed by atoms with Crippen LogP contribution in [0.2, 0.25) is 0 Å². The van der Waals surface area contributed by atoms with Crippen LogP contribution in [-0.4, -0.2) is 17.9 Å². The zero-order valence-electron chi connectivity index (χ0n) is 32.4. The third-order valence-electron chi connectivity index (χ3n) is 10.5. The molecule has 0 rings (SSSR count). The molecule has 0 aliphatic rings. The summed E-state index contributed by atoms with van der Waals surface area (Å²) in [5.41, 5.74) is -1.50. The van der Waals surface area contributed by atoms with Gasteiger partial charge in [-0.05, 0) is 19.3 Å². The Bertz CT molecular complexity index is 642. The highest BCUT2D eigenvalue weighted by Crippen LogP contribution is 2.31. The van der Waals surface area contributed by atoms with E-state index in [0.29, 0.717) is 19.3 Å². The first kappa shape index (κ1) is 46.0. The maximum Gasteiger partial charge on any atom is 0.220 e. The standard InChI is InChI=1S/C44H83O3/c1-4-7-10-13-16-19-21-23-25-27-29-32-35-38-42(46)44(41-45,40-37-34-31-18-15-12-9-6-3)43(47)39-36-33-30-28-26-24-22-20-17-14-11-8-5-2/h4-40H2,1-3H3. The van der Waals surface area contributed by atoms with Crippen LogP contribution in [0.5, 0.6) is 0 Å². The molecule has 1 radical (unpaired) electrons. The van der Waals surface area contributed by atoms with E-state index in [9.17, 15) is 14.4 Å². The zero-order valence-corrected chi connectivity index (χ0v) is 32.4. The van der Waals surface area contributed by atoms with Crippen molar-refractivity contribution in [2.24, 2.45) is 5.41 Å². The van der Waals surface area contributed by atoms with Crippen molar-refractivity contribution < 1.29 is 14.4 Å². The van der Waals surface area contributed by atoms with Gasteiger partial charge in [-0.25, -0.2) is 0 Å². The molecule has 0 N–H and O–H groups in total. The average Bonchev–Trinajstić information content (AvgIpc) is 3.08. The minimum atomic E-state index is -1.50. The van der Waals surface area contributed by atoms with Crippen molar-refractivity contribution in [3.63, 3.8) is 0 Å². The van der Waals surface area contributed by atoms with E-state index in [4.69, 9.17) is 0 Å². The van der Waals surface area contributed by atoms with E-state index in [1.807, 2.05) is 0 Å². The lowest BCUT2D eigenvalue weighted by atomic mass is 9.73. The fraction of sp³-hybridized carbons (Fsp3) is 0.932. The molecule has 277 valence electrons. The molecule has 0 unspecified atom stereocenters. The quantitative estimate of drug-likeness (QED) is 0.0486. The van der Waals surface area contributed by atoms with E-state index < -0.39 is 5.41 Å². The lowest BCUT2D eigenvalue weighted by molar-refractivity contribution is -0.137. The summed E-state index contributed by atoms with van der Waals surface area (Å²) in [6.45, 7) is 6.78. The van der Waals surface area contributed by atoms with Gasteiger partial charge in [-0.3, -0.25) is 14.4 Å². The van der Waals surface area contributed by atoms with Gasteiger partial charge in [0.1, 0.15) is 0 Å². The molecule has 0 aliphatic heterocycles. The minimum absolute atomic E-state index is 0.141. The fourth-order valence-corrected chi connectivity index (χ4v) is 7.16. The Morgan fingerprint density at radius 3 is 0.787 bits per heavy atom. The highest BCUT2D eigenvalue weighted by atomic mass is 16.2. The van der Waals surface area contributed by atoms with E-state index in [1.165, 1.54) is 161 Å². The van der Waals surface area contributed by atoms with Crippen LogP contribution in [0, 0.1) is 5.41 Å². The van der Waals surface area contributed by atoms with Gasteiger partial charge in [-0.2, -0.15) is 0 Å². The van der Waals surface area contributed by atoms with Crippen LogP contribution in [0.3, 0.4) is 0 Å². The normalized spacial score (nSPS) is 11.7. The first-order chi connectivity index (χ1) is 23.1. The van der Waals surface area contributed by atoms with E-state index >= 15 is 0 Å². The van der Waals surface area contributed by atoms with E-state index in [0.717, 1.165) is 57.8 Å². The van der Waals surface area contributed by atoms with Gasteiger partial charge >= 0.3 is 0 Å². The number of hydrogen-bond donors (Lipinski definition) is 0. The van der Waals surface area contributed by atoms with E-state index in [1.54, 1.807) is 0 Å². The molecule has 0 aliphatic carbocycles. The third kappa shape index (κ3) is 27.5. The maximum absolute atomic E-state index is 13.5. The molecule has 0 fully saturated rings. The molecule has 0 saturated heterocycles. The molecule has 0 saturated carbocycles. The van der Waals surface area contributed by atoms with Gasteiger partial charge in [0.25, 0.3) is 0 Å². The van der Waals surface area contributed by atoms with Crippen molar-refractivity contribution in [2.45, 2.75) is 258 Å². The number of unbranched alkanes of at least 4 members (excludes halogenated alkanes) is 31. The number of carbonyl (C=O) groups excluding carboxylic acids is 3. The highest BCUT2D eigenvalue weighted by Gasteiger charge is 2.44. The molecule has 0 heterocycles. The number of hydrogen-bond acceptors (Lipinski definition) is 3. The van der Waals surface area contributed by atoms with Crippen LogP contribution in [0.1, 0.15) is 258 Å². The van der Waals surface area contributed by atoms with Crippen molar-refractivity contribution in [1.29, 1.82) is 0 Å². The lowest BCUT2D eigenvalue weighted by Crippen LogP contribution is -2.41. The smallest absolute Gasteiger partial charge is 0.220 e. The second-order valence-corrected chi connectivity index (χ2v) is 15.1. The fourth-order valence-electron chi connectivity index (χ4n) is 7.16. The first-order valence-corrected chi connectivity index (χ1v) is 21.5. The van der Waals surface area contributed by atoms with Crippen LogP contribution in [0.25, 0.3) is 0 Å². The second kappa shape index (κ2) is 36.3. The molecule has 0 aromatic rings. The molecule has 0 aromatic carbocycles. The minimum Gasteiger partial charge on any atom is -0.298 e. The van der Waals surface area contributed by atoms with Crippen LogP contribution >= 0.6 is 0 Å². The van der Waals surface area contributed by atoms with Gasteiger partial charge in [0.2, 0.25) is 6.29 Å². The number of rotatable bonds is 40. The Hall–Kier alpha value is -0.990. The highest BCUT2D eigenvalue weighted by molar-refractivity contribution is 6.18. The Morgan fingerprint density at radius 2 is 0.553 bits per heavy atom. The van der Waals surface area contributed by atoms with Gasteiger partial charge in [-0.15, -0.1) is 0 Å². The Kier molecular flexibility index (Phi) is 35.5. The summed E-state index contributed by atoms with van der Waals surface area (Å²) in [6.07, 6.45) is 45.1. The number of Topliss-reactive ketones (excluding diaryl/α,β-unsaturated/α-hetero) is 2. The average molecular weight is 660 g/mol. The SMILES string of the molecule is CCCCCCCCCCCCCCCC(=O)C([C]=O)(CCCCCCCCCC)C(=O)CCCCCCCCCCCCCCC. The second-order valence-electron chi connectivity index (χ2n) is 15.1. The Labute approximate surface area is 295 Å². The maximum atomic E-state index is 13.5. The summed E-state index contributed by atoms with van der Waals surface area (Å²) >= 11 is 0. The summed E-state index contributed by atoms with van der Waals surface area (Å²) < 4.78 is 0. The molecule has 0 spiro atoms. The summed E-state index contributed by atoms with van der Waals surface area (Å²) in [5, 5.41) is 0. The molecular formula is C44H83O3. The molecule has 47 heavy (non-hydrogen) atoms. The van der Waals surface area contributed by atoms with E-state index in [2.05, 4.69) is 27.1 Å². The van der Waals surface area contributed by atoms with Gasteiger partial charge in [0, 0.05) is 12.8 Å². The van der Waals surface area contributed by atoms with Gasteiger partial charge in [0.05, 0.1) is 0 Å². The summed E-state index contributed by atoms with van der Waals surface area (Å²) in [4.78, 5) is 39.5. The van der Waals surface area contributed by atoms with E-state index in [-0.39, 0.29) is 11.6 Å². The van der Waals surface area contributed by atoms with Gasteiger partial charge < -0.3 is 0 Å². The van der Waals surface area contributed by atoms with Gasteiger partial charge in [0.15, 0.2) is 17.0 Å².